The van der Waals surface area contributed by atoms with Crippen molar-refractivity contribution in [1.29, 1.82) is 0 Å². The van der Waals surface area contributed by atoms with Crippen LogP contribution in [0.25, 0.3) is 135 Å². The van der Waals surface area contributed by atoms with E-state index in [1.165, 1.54) is 91.5 Å². The molecule has 0 N–H and O–H groups in total. The van der Waals surface area contributed by atoms with Crippen LogP contribution in [0.1, 0.15) is 0 Å². The summed E-state index contributed by atoms with van der Waals surface area (Å²) in [5.74, 6) is 0. The van der Waals surface area contributed by atoms with Gasteiger partial charge in [0.15, 0.2) is 0 Å². The van der Waals surface area contributed by atoms with Crippen molar-refractivity contribution in [3.05, 3.63) is 231 Å². The van der Waals surface area contributed by atoms with Gasteiger partial charge in [-0.2, -0.15) is 0 Å². The maximum atomic E-state index is 6.33. The molecule has 8 heteroatoms. The summed E-state index contributed by atoms with van der Waals surface area (Å²) >= 11 is 7.46. The number of thiophene rings is 4. The van der Waals surface area contributed by atoms with Gasteiger partial charge in [0.25, 0.3) is 0 Å². The summed E-state index contributed by atoms with van der Waals surface area (Å²) in [4.78, 5) is 4.84. The summed E-state index contributed by atoms with van der Waals surface area (Å²) in [5, 5.41) is 17.3. The van der Waals surface area contributed by atoms with Gasteiger partial charge < -0.3 is 18.6 Å². The highest BCUT2D eigenvalue weighted by Gasteiger charge is 2.22. The average Bonchev–Trinajstić information content (AvgIpc) is 4.40. The minimum atomic E-state index is 0.888. The molecule has 0 amide bonds. The van der Waals surface area contributed by atoms with Crippen LogP contribution in [0.2, 0.25) is 0 Å². The summed E-state index contributed by atoms with van der Waals surface area (Å²) in [5.41, 5.74) is 10.2. The molecule has 364 valence electrons. The van der Waals surface area contributed by atoms with Crippen LogP contribution >= 0.6 is 45.3 Å². The van der Waals surface area contributed by atoms with Crippen molar-refractivity contribution in [1.82, 2.24) is 0 Å². The van der Waals surface area contributed by atoms with E-state index in [2.05, 4.69) is 228 Å². The first-order chi connectivity index (χ1) is 38.6. The van der Waals surface area contributed by atoms with E-state index in [4.69, 9.17) is 8.83 Å². The second-order valence-electron chi connectivity index (χ2n) is 20.3. The van der Waals surface area contributed by atoms with Gasteiger partial charge in [-0.15, -0.1) is 45.3 Å². The Morgan fingerprint density at radius 1 is 0.205 bits per heavy atom. The molecule has 0 unspecified atom stereocenters. The van der Waals surface area contributed by atoms with Gasteiger partial charge >= 0.3 is 0 Å². The van der Waals surface area contributed by atoms with E-state index >= 15 is 0 Å². The zero-order valence-corrected chi connectivity index (χ0v) is 44.5. The molecule has 0 aliphatic heterocycles. The van der Waals surface area contributed by atoms with Crippen molar-refractivity contribution < 1.29 is 8.83 Å². The third-order valence-corrected chi connectivity index (χ3v) is 20.6. The van der Waals surface area contributed by atoms with Gasteiger partial charge in [0.1, 0.15) is 22.3 Å². The van der Waals surface area contributed by atoms with E-state index in [0.29, 0.717) is 0 Å². The second kappa shape index (κ2) is 16.3. The Hall–Kier alpha value is -9.02. The predicted octanol–water partition coefficient (Wildman–Crippen LogP) is 23.0. The number of furan rings is 2. The van der Waals surface area contributed by atoms with E-state index in [1.54, 1.807) is 0 Å². The highest BCUT2D eigenvalue weighted by Crippen LogP contribution is 2.50. The standard InChI is InChI=1S/C70H38N2O2S4/c1-5-13-57-45(9-1)53-33-39(19-27-59(53)73-57)71(41-21-29-63-55(35-41)47-11-3-7-15-61(47)75-63)43-17-23-51-67(37-43)77-65-31-25-50-49(69(51)65)26-32-66-70(50)52-24-18-44(38-68(52)78-66)72(40-20-28-60-54(34-40)46-10-2-6-14-58(46)74-60)42-22-30-64-56(36-42)48-12-4-8-16-62(48)76-64/h1-38H. The lowest BCUT2D eigenvalue weighted by atomic mass is 9.99. The minimum Gasteiger partial charge on any atom is -0.456 e. The van der Waals surface area contributed by atoms with Crippen LogP contribution in [0, 0.1) is 0 Å². The maximum absolute atomic E-state index is 6.33. The van der Waals surface area contributed by atoms with Crippen LogP contribution in [0.3, 0.4) is 0 Å². The number of para-hydroxylation sites is 2. The predicted molar refractivity (Wildman–Crippen MR) is 339 cm³/mol. The maximum Gasteiger partial charge on any atom is 0.135 e. The van der Waals surface area contributed by atoms with Crippen molar-refractivity contribution in [2.24, 2.45) is 0 Å². The molecule has 18 rings (SSSR count). The van der Waals surface area contributed by atoms with Gasteiger partial charge in [-0.1, -0.05) is 97.1 Å². The smallest absolute Gasteiger partial charge is 0.135 e. The van der Waals surface area contributed by atoms with Crippen molar-refractivity contribution in [2.75, 3.05) is 9.80 Å². The van der Waals surface area contributed by atoms with Gasteiger partial charge in [-0.05, 0) is 144 Å². The van der Waals surface area contributed by atoms with E-state index in [0.717, 1.165) is 78.0 Å². The van der Waals surface area contributed by atoms with E-state index in [1.807, 2.05) is 57.5 Å². The van der Waals surface area contributed by atoms with Crippen LogP contribution in [0.15, 0.2) is 239 Å². The number of hydrogen-bond donors (Lipinski definition) is 0. The zero-order chi connectivity index (χ0) is 50.7. The SMILES string of the molecule is c1ccc2c(c1)oc1ccc(N(c3ccc4c(c3)sc3ccc5c(ccc6sc7cc(N(c8ccc9oc%10ccccc%10c9c8)c8ccc9sc%10ccccc%10c9c8)ccc7c65)c34)c3ccc4sc5ccccc5c4c3)cc12. The molecule has 18 aromatic rings. The zero-order valence-electron chi connectivity index (χ0n) is 41.3. The molecule has 4 nitrogen and oxygen atoms in total. The molecule has 0 fully saturated rings. The van der Waals surface area contributed by atoms with Crippen molar-refractivity contribution in [3.63, 3.8) is 0 Å². The van der Waals surface area contributed by atoms with Crippen LogP contribution in [-0.4, -0.2) is 0 Å². The summed E-state index contributed by atoms with van der Waals surface area (Å²) < 4.78 is 22.9. The lowest BCUT2D eigenvalue weighted by molar-refractivity contribution is 0.668. The van der Waals surface area contributed by atoms with Gasteiger partial charge in [0, 0.05) is 136 Å². The Bertz CT molecular complexity index is 5000. The number of nitrogens with zero attached hydrogens (tertiary/aromatic N) is 2. The quantitative estimate of drug-likeness (QED) is 0.166. The monoisotopic (exact) mass is 1070 g/mol. The van der Waals surface area contributed by atoms with Crippen molar-refractivity contribution >= 4 is 215 Å². The Balaban J connectivity index is 0.787. The van der Waals surface area contributed by atoms with Crippen LogP contribution in [0.5, 0.6) is 0 Å². The van der Waals surface area contributed by atoms with Crippen LogP contribution in [-0.2, 0) is 0 Å². The Labute approximate surface area is 460 Å². The fourth-order valence-electron chi connectivity index (χ4n) is 12.5. The molecule has 0 spiro atoms. The van der Waals surface area contributed by atoms with E-state index < -0.39 is 0 Å². The molecule has 0 radical (unpaired) electrons. The molecule has 6 aromatic heterocycles. The third-order valence-electron chi connectivity index (χ3n) is 16.0. The normalized spacial score (nSPS) is 12.4. The molecule has 78 heavy (non-hydrogen) atoms. The van der Waals surface area contributed by atoms with Gasteiger partial charge in [-0.3, -0.25) is 0 Å². The van der Waals surface area contributed by atoms with Crippen molar-refractivity contribution in [3.8, 4) is 0 Å². The lowest BCUT2D eigenvalue weighted by Crippen LogP contribution is -2.09. The molecule has 0 bridgehead atoms. The Morgan fingerprint density at radius 3 is 1.00 bits per heavy atom. The molecule has 0 aliphatic carbocycles. The molecule has 12 aromatic carbocycles. The fraction of sp³-hybridized carbons (Fsp3) is 0. The summed E-state index contributed by atoms with van der Waals surface area (Å²) in [7, 11) is 0. The number of anilines is 6. The number of hydrogen-bond acceptors (Lipinski definition) is 8. The summed E-state index contributed by atoms with van der Waals surface area (Å²) in [6, 6.07) is 84.9. The van der Waals surface area contributed by atoms with Crippen LogP contribution < -0.4 is 9.80 Å². The topological polar surface area (TPSA) is 32.8 Å². The molecule has 0 atom stereocenters. The number of benzene rings is 12. The second-order valence-corrected chi connectivity index (χ2v) is 24.7. The van der Waals surface area contributed by atoms with Crippen LogP contribution in [0.4, 0.5) is 34.1 Å². The van der Waals surface area contributed by atoms with Crippen molar-refractivity contribution in [2.45, 2.75) is 0 Å². The first-order valence-corrected chi connectivity index (χ1v) is 29.4. The molecular formula is C70H38N2O2S4. The Morgan fingerprint density at radius 2 is 0.526 bits per heavy atom. The van der Waals surface area contributed by atoms with Gasteiger partial charge in [-0.25, -0.2) is 0 Å². The molecule has 6 heterocycles. The molecular weight excluding hydrogens is 1030 g/mol. The first-order valence-electron chi connectivity index (χ1n) is 26.1. The number of rotatable bonds is 6. The third kappa shape index (κ3) is 6.31. The number of fused-ring (bicyclic) bond motifs is 21. The van der Waals surface area contributed by atoms with Gasteiger partial charge in [0.2, 0.25) is 0 Å². The van der Waals surface area contributed by atoms with E-state index in [9.17, 15) is 0 Å². The first kappa shape index (κ1) is 43.1. The largest absolute Gasteiger partial charge is 0.456 e. The summed E-state index contributed by atoms with van der Waals surface area (Å²) in [6.07, 6.45) is 0. The minimum absolute atomic E-state index is 0.888. The molecule has 0 saturated carbocycles. The van der Waals surface area contributed by atoms with Gasteiger partial charge in [0.05, 0.1) is 0 Å². The average molecular weight is 1070 g/mol. The highest BCUT2D eigenvalue weighted by molar-refractivity contribution is 7.27. The summed E-state index contributed by atoms with van der Waals surface area (Å²) in [6.45, 7) is 0. The molecule has 0 saturated heterocycles. The fourth-order valence-corrected chi connectivity index (χ4v) is 17.0. The lowest BCUT2D eigenvalue weighted by Gasteiger charge is -2.26. The van der Waals surface area contributed by atoms with E-state index in [-0.39, 0.29) is 0 Å². The molecule has 0 aliphatic rings. The highest BCUT2D eigenvalue weighted by atomic mass is 32.1. The Kier molecular flexibility index (Phi) is 8.99.